The average Bonchev–Trinajstić information content (AvgIpc) is 2.42. The number of anilines is 1. The molecule has 0 fully saturated rings. The summed E-state index contributed by atoms with van der Waals surface area (Å²) < 4.78 is 51.7. The second kappa shape index (κ2) is 6.02. The van der Waals surface area contributed by atoms with Gasteiger partial charge in [0.1, 0.15) is 4.90 Å². The van der Waals surface area contributed by atoms with Crippen LogP contribution < -0.4 is 4.72 Å². The number of hydrogen-bond acceptors (Lipinski definition) is 4. The lowest BCUT2D eigenvalue weighted by atomic mass is 10.2. The van der Waals surface area contributed by atoms with Gasteiger partial charge in [-0.15, -0.1) is 0 Å². The standard InChI is InChI=1S/C14H14BrNO4S2/c1-10-9-11(7-8-12(10)15)16-22(19,20)14-6-4-3-5-13(14)21(2,17)18/h3-9,16H,1-2H3. The van der Waals surface area contributed by atoms with E-state index in [9.17, 15) is 16.8 Å². The third-order valence-electron chi connectivity index (χ3n) is 2.95. The van der Waals surface area contributed by atoms with E-state index < -0.39 is 19.9 Å². The monoisotopic (exact) mass is 403 g/mol. The van der Waals surface area contributed by atoms with E-state index in [1.807, 2.05) is 6.92 Å². The van der Waals surface area contributed by atoms with Crippen molar-refractivity contribution in [1.82, 2.24) is 0 Å². The number of nitrogens with one attached hydrogen (secondary N) is 1. The van der Waals surface area contributed by atoms with Crippen LogP contribution >= 0.6 is 15.9 Å². The molecule has 118 valence electrons. The van der Waals surface area contributed by atoms with E-state index in [1.54, 1.807) is 18.2 Å². The van der Waals surface area contributed by atoms with E-state index in [1.165, 1.54) is 24.3 Å². The summed E-state index contributed by atoms with van der Waals surface area (Å²) in [5, 5.41) is 0. The Balaban J connectivity index is 2.50. The maximum atomic E-state index is 12.5. The first-order valence-electron chi connectivity index (χ1n) is 6.19. The molecule has 22 heavy (non-hydrogen) atoms. The van der Waals surface area contributed by atoms with Crippen LogP contribution in [0, 0.1) is 6.92 Å². The van der Waals surface area contributed by atoms with Gasteiger partial charge < -0.3 is 0 Å². The number of hydrogen-bond donors (Lipinski definition) is 1. The zero-order valence-corrected chi connectivity index (χ0v) is 15.1. The first-order chi connectivity index (χ1) is 10.1. The molecule has 0 aliphatic carbocycles. The first kappa shape index (κ1) is 17.0. The molecule has 0 aromatic heterocycles. The van der Waals surface area contributed by atoms with E-state index in [0.29, 0.717) is 5.69 Å². The number of aryl methyl sites for hydroxylation is 1. The summed E-state index contributed by atoms with van der Waals surface area (Å²) in [5.41, 5.74) is 1.22. The Morgan fingerprint density at radius 1 is 0.955 bits per heavy atom. The van der Waals surface area contributed by atoms with E-state index in [0.717, 1.165) is 16.3 Å². The molecule has 2 rings (SSSR count). The molecular formula is C14H14BrNO4S2. The van der Waals surface area contributed by atoms with Crippen LogP contribution in [0.1, 0.15) is 5.56 Å². The van der Waals surface area contributed by atoms with Gasteiger partial charge in [-0.05, 0) is 42.8 Å². The molecule has 1 N–H and O–H groups in total. The van der Waals surface area contributed by atoms with Gasteiger partial charge in [0.05, 0.1) is 4.90 Å². The van der Waals surface area contributed by atoms with Gasteiger partial charge in [0.25, 0.3) is 10.0 Å². The minimum Gasteiger partial charge on any atom is -0.280 e. The summed E-state index contributed by atoms with van der Waals surface area (Å²) in [7, 11) is -7.65. The van der Waals surface area contributed by atoms with Crippen LogP contribution in [0.3, 0.4) is 0 Å². The van der Waals surface area contributed by atoms with Crippen molar-refractivity contribution in [2.45, 2.75) is 16.7 Å². The van der Waals surface area contributed by atoms with Crippen molar-refractivity contribution in [1.29, 1.82) is 0 Å². The highest BCUT2D eigenvalue weighted by atomic mass is 79.9. The van der Waals surface area contributed by atoms with E-state index in [-0.39, 0.29) is 9.79 Å². The fourth-order valence-corrected chi connectivity index (χ4v) is 4.82. The first-order valence-corrected chi connectivity index (χ1v) is 10.4. The zero-order chi connectivity index (χ0) is 16.5. The van der Waals surface area contributed by atoms with Gasteiger partial charge in [-0.1, -0.05) is 28.1 Å². The minimum absolute atomic E-state index is 0.226. The Morgan fingerprint density at radius 3 is 2.09 bits per heavy atom. The van der Waals surface area contributed by atoms with Crippen LogP contribution in [-0.4, -0.2) is 23.1 Å². The molecule has 0 saturated carbocycles. The van der Waals surface area contributed by atoms with Crippen molar-refractivity contribution >= 4 is 41.5 Å². The molecule has 0 radical (unpaired) electrons. The molecule has 0 amide bonds. The highest BCUT2D eigenvalue weighted by molar-refractivity contribution is 9.10. The van der Waals surface area contributed by atoms with Crippen molar-refractivity contribution in [2.75, 3.05) is 11.0 Å². The average molecular weight is 404 g/mol. The van der Waals surface area contributed by atoms with Gasteiger partial charge >= 0.3 is 0 Å². The van der Waals surface area contributed by atoms with Gasteiger partial charge in [-0.25, -0.2) is 16.8 Å². The van der Waals surface area contributed by atoms with Crippen molar-refractivity contribution in [3.8, 4) is 0 Å². The van der Waals surface area contributed by atoms with Crippen molar-refractivity contribution in [3.63, 3.8) is 0 Å². The smallest absolute Gasteiger partial charge is 0.263 e. The molecule has 0 aliphatic heterocycles. The van der Waals surface area contributed by atoms with E-state index >= 15 is 0 Å². The largest absolute Gasteiger partial charge is 0.280 e. The summed E-state index contributed by atoms with van der Waals surface area (Å²) in [6.45, 7) is 1.83. The summed E-state index contributed by atoms with van der Waals surface area (Å²) in [6.07, 6.45) is 0.977. The van der Waals surface area contributed by atoms with E-state index in [4.69, 9.17) is 0 Å². The van der Waals surface area contributed by atoms with Crippen LogP contribution in [0.5, 0.6) is 0 Å². The molecule has 5 nitrogen and oxygen atoms in total. The summed E-state index contributed by atoms with van der Waals surface area (Å²) >= 11 is 3.34. The molecule has 0 heterocycles. The predicted molar refractivity (Wildman–Crippen MR) is 89.2 cm³/mol. The van der Waals surface area contributed by atoms with Crippen molar-refractivity contribution < 1.29 is 16.8 Å². The van der Waals surface area contributed by atoms with Crippen LogP contribution in [0.2, 0.25) is 0 Å². The van der Waals surface area contributed by atoms with Crippen LogP contribution in [-0.2, 0) is 19.9 Å². The molecule has 2 aromatic rings. The topological polar surface area (TPSA) is 80.3 Å². The predicted octanol–water partition coefficient (Wildman–Crippen LogP) is 2.96. The normalized spacial score (nSPS) is 12.1. The van der Waals surface area contributed by atoms with Gasteiger partial charge in [0.15, 0.2) is 9.84 Å². The van der Waals surface area contributed by atoms with Crippen LogP contribution in [0.4, 0.5) is 5.69 Å². The molecule has 0 bridgehead atoms. The third kappa shape index (κ3) is 3.68. The highest BCUT2D eigenvalue weighted by Crippen LogP contribution is 2.25. The quantitative estimate of drug-likeness (QED) is 0.850. The fraction of sp³-hybridized carbons (Fsp3) is 0.143. The summed E-state index contributed by atoms with van der Waals surface area (Å²) in [6, 6.07) is 10.5. The Hall–Kier alpha value is -1.38. The van der Waals surface area contributed by atoms with E-state index in [2.05, 4.69) is 20.7 Å². The lowest BCUT2D eigenvalue weighted by Crippen LogP contribution is -2.16. The fourth-order valence-electron chi connectivity index (χ4n) is 1.90. The van der Waals surface area contributed by atoms with Crippen molar-refractivity contribution in [2.24, 2.45) is 0 Å². The van der Waals surface area contributed by atoms with Gasteiger partial charge in [0, 0.05) is 16.4 Å². The van der Waals surface area contributed by atoms with Crippen LogP contribution in [0.25, 0.3) is 0 Å². The second-order valence-corrected chi connectivity index (χ2v) is 9.28. The summed E-state index contributed by atoms with van der Waals surface area (Å²) in [4.78, 5) is -0.491. The van der Waals surface area contributed by atoms with Crippen LogP contribution in [0.15, 0.2) is 56.7 Å². The number of sulfone groups is 1. The molecule has 0 saturated heterocycles. The SMILES string of the molecule is Cc1cc(NS(=O)(=O)c2ccccc2S(C)(=O)=O)ccc1Br. The lowest BCUT2D eigenvalue weighted by molar-refractivity contribution is 0.588. The molecule has 0 unspecified atom stereocenters. The molecule has 2 aromatic carbocycles. The Kier molecular flexibility index (Phi) is 4.65. The minimum atomic E-state index is -4.00. The Bertz CT molecular complexity index is 922. The Labute approximate surface area is 138 Å². The molecule has 0 spiro atoms. The number of benzene rings is 2. The van der Waals surface area contributed by atoms with Gasteiger partial charge in [-0.2, -0.15) is 0 Å². The molecule has 0 atom stereocenters. The number of sulfonamides is 1. The molecule has 0 aliphatic rings. The lowest BCUT2D eigenvalue weighted by Gasteiger charge is -2.12. The highest BCUT2D eigenvalue weighted by Gasteiger charge is 2.23. The molecule has 8 heteroatoms. The maximum absolute atomic E-state index is 12.5. The maximum Gasteiger partial charge on any atom is 0.263 e. The van der Waals surface area contributed by atoms with Gasteiger partial charge in [0.2, 0.25) is 0 Å². The number of rotatable bonds is 4. The Morgan fingerprint density at radius 2 is 1.55 bits per heavy atom. The molecular weight excluding hydrogens is 390 g/mol. The zero-order valence-electron chi connectivity index (χ0n) is 11.9. The third-order valence-corrected chi connectivity index (χ3v) is 6.56. The van der Waals surface area contributed by atoms with Crippen molar-refractivity contribution in [3.05, 3.63) is 52.5 Å². The second-order valence-electron chi connectivity index (χ2n) is 4.79. The number of halogens is 1. The van der Waals surface area contributed by atoms with Gasteiger partial charge in [-0.3, -0.25) is 4.72 Å². The summed E-state index contributed by atoms with van der Waals surface area (Å²) in [5.74, 6) is 0.